The van der Waals surface area contributed by atoms with E-state index in [1.54, 1.807) is 37.3 Å². The maximum Gasteiger partial charge on any atom is 0.336 e. The standard InChI is InChI=1S/C19H29NO7S/c1-14(16-9-6-5-7-10-16)19(24,17(22)23)18(3,4)13-27-28(25,26)12-8-11-20-15(2)21/h5-7,9-10,14,24H,8,11-13H2,1-4H3,(H,20,21)(H,22,23)/t14-,19+/m1/s1. The molecule has 3 N–H and O–H groups in total. The summed E-state index contributed by atoms with van der Waals surface area (Å²) >= 11 is 0. The van der Waals surface area contributed by atoms with E-state index >= 15 is 0 Å². The lowest BCUT2D eigenvalue weighted by Crippen LogP contribution is -2.57. The third kappa shape index (κ3) is 6.02. The smallest absolute Gasteiger partial charge is 0.336 e. The maximum absolute atomic E-state index is 12.1. The molecule has 0 saturated heterocycles. The molecule has 1 rings (SSSR count). The van der Waals surface area contributed by atoms with Crippen LogP contribution in [0.4, 0.5) is 0 Å². The molecule has 28 heavy (non-hydrogen) atoms. The number of benzene rings is 1. The molecule has 0 aromatic heterocycles. The highest BCUT2D eigenvalue weighted by Crippen LogP contribution is 2.42. The van der Waals surface area contributed by atoms with E-state index in [4.69, 9.17) is 4.18 Å². The summed E-state index contributed by atoms with van der Waals surface area (Å²) in [5, 5.41) is 23.3. The summed E-state index contributed by atoms with van der Waals surface area (Å²) in [5.41, 5.74) is -3.07. The first-order valence-electron chi connectivity index (χ1n) is 8.96. The van der Waals surface area contributed by atoms with E-state index in [1.165, 1.54) is 20.8 Å². The fraction of sp³-hybridized carbons (Fsp3) is 0.579. The van der Waals surface area contributed by atoms with Crippen LogP contribution in [0.3, 0.4) is 0 Å². The van der Waals surface area contributed by atoms with E-state index in [9.17, 15) is 28.2 Å². The SMILES string of the molecule is CC(=O)NCCCS(=O)(=O)OCC(C)(C)[C@@](O)(C(=O)O)[C@H](C)c1ccccc1. The zero-order valence-corrected chi connectivity index (χ0v) is 17.5. The van der Waals surface area contributed by atoms with Gasteiger partial charge in [-0.2, -0.15) is 8.42 Å². The molecule has 0 unspecified atom stereocenters. The third-order valence-electron chi connectivity index (χ3n) is 4.83. The third-order valence-corrected chi connectivity index (χ3v) is 6.09. The van der Waals surface area contributed by atoms with Crippen LogP contribution < -0.4 is 5.32 Å². The molecule has 9 heteroatoms. The average Bonchev–Trinajstić information content (AvgIpc) is 2.63. The van der Waals surface area contributed by atoms with Crippen LogP contribution in [0.5, 0.6) is 0 Å². The Hall–Kier alpha value is -1.97. The molecule has 0 aliphatic carbocycles. The second kappa shape index (κ2) is 9.49. The van der Waals surface area contributed by atoms with E-state index in [0.29, 0.717) is 5.56 Å². The van der Waals surface area contributed by atoms with Crippen LogP contribution in [-0.2, 0) is 23.9 Å². The number of aliphatic carboxylic acids is 1. The Morgan fingerprint density at radius 1 is 1.21 bits per heavy atom. The van der Waals surface area contributed by atoms with Crippen molar-refractivity contribution in [3.05, 3.63) is 35.9 Å². The Balaban J connectivity index is 2.91. The van der Waals surface area contributed by atoms with Crippen molar-refractivity contribution in [2.75, 3.05) is 18.9 Å². The lowest BCUT2D eigenvalue weighted by Gasteiger charge is -2.43. The summed E-state index contributed by atoms with van der Waals surface area (Å²) in [6.45, 7) is 5.49. The number of aliphatic hydroxyl groups is 1. The van der Waals surface area contributed by atoms with Gasteiger partial charge in [0, 0.05) is 24.8 Å². The van der Waals surface area contributed by atoms with Gasteiger partial charge >= 0.3 is 5.97 Å². The minimum atomic E-state index is -3.94. The number of hydrogen-bond acceptors (Lipinski definition) is 6. The molecule has 0 bridgehead atoms. The van der Waals surface area contributed by atoms with Gasteiger partial charge in [0.25, 0.3) is 10.1 Å². The summed E-state index contributed by atoms with van der Waals surface area (Å²) in [4.78, 5) is 22.8. The quantitative estimate of drug-likeness (QED) is 0.369. The van der Waals surface area contributed by atoms with Crippen molar-refractivity contribution in [1.29, 1.82) is 0 Å². The normalized spacial score (nSPS) is 15.5. The molecule has 1 amide bonds. The van der Waals surface area contributed by atoms with Gasteiger partial charge in [-0.15, -0.1) is 0 Å². The second-order valence-electron chi connectivity index (χ2n) is 7.45. The minimum absolute atomic E-state index is 0.159. The molecule has 0 radical (unpaired) electrons. The lowest BCUT2D eigenvalue weighted by atomic mass is 9.66. The Labute approximate surface area is 166 Å². The van der Waals surface area contributed by atoms with Crippen LogP contribution in [-0.4, -0.2) is 55.0 Å². The van der Waals surface area contributed by atoms with E-state index in [-0.39, 0.29) is 24.6 Å². The summed E-state index contributed by atoms with van der Waals surface area (Å²) in [6.07, 6.45) is 0.159. The second-order valence-corrected chi connectivity index (χ2v) is 9.21. The van der Waals surface area contributed by atoms with Gasteiger partial charge in [-0.3, -0.25) is 8.98 Å². The van der Waals surface area contributed by atoms with Crippen molar-refractivity contribution in [1.82, 2.24) is 5.32 Å². The highest BCUT2D eigenvalue weighted by molar-refractivity contribution is 7.86. The number of rotatable bonds is 11. The van der Waals surface area contributed by atoms with E-state index in [0.717, 1.165) is 0 Å². The molecule has 158 valence electrons. The molecular formula is C19H29NO7S. The topological polar surface area (TPSA) is 130 Å². The molecule has 0 aliphatic heterocycles. The number of carbonyl (C=O) groups excluding carboxylic acids is 1. The minimum Gasteiger partial charge on any atom is -0.479 e. The number of amides is 1. The fourth-order valence-electron chi connectivity index (χ4n) is 2.96. The first kappa shape index (κ1) is 24.1. The highest BCUT2D eigenvalue weighted by Gasteiger charge is 2.55. The zero-order valence-electron chi connectivity index (χ0n) is 16.6. The Morgan fingerprint density at radius 2 is 1.79 bits per heavy atom. The maximum atomic E-state index is 12.1. The summed E-state index contributed by atoms with van der Waals surface area (Å²) in [5.74, 6) is -2.86. The summed E-state index contributed by atoms with van der Waals surface area (Å²) in [6, 6.07) is 8.65. The van der Waals surface area contributed by atoms with Gasteiger partial charge in [0.2, 0.25) is 5.91 Å². The number of carboxylic acid groups (broad SMARTS) is 1. The number of hydrogen-bond donors (Lipinski definition) is 3. The molecule has 2 atom stereocenters. The molecular weight excluding hydrogens is 386 g/mol. The lowest BCUT2D eigenvalue weighted by molar-refractivity contribution is -0.180. The number of nitrogens with one attached hydrogen (secondary N) is 1. The van der Waals surface area contributed by atoms with Crippen LogP contribution in [0.1, 0.15) is 45.6 Å². The predicted octanol–water partition coefficient (Wildman–Crippen LogP) is 1.50. The average molecular weight is 416 g/mol. The monoisotopic (exact) mass is 415 g/mol. The van der Waals surface area contributed by atoms with Gasteiger partial charge in [-0.25, -0.2) is 4.79 Å². The fourth-order valence-corrected chi connectivity index (χ4v) is 4.05. The van der Waals surface area contributed by atoms with E-state index < -0.39 is 39.6 Å². The van der Waals surface area contributed by atoms with E-state index in [2.05, 4.69) is 5.32 Å². The van der Waals surface area contributed by atoms with Crippen molar-refractivity contribution in [3.63, 3.8) is 0 Å². The first-order chi connectivity index (χ1) is 12.8. The number of carboxylic acids is 1. The molecule has 0 saturated carbocycles. The van der Waals surface area contributed by atoms with E-state index in [1.807, 2.05) is 0 Å². The van der Waals surface area contributed by atoms with Gasteiger partial charge in [-0.1, -0.05) is 51.1 Å². The van der Waals surface area contributed by atoms with Gasteiger partial charge in [0.1, 0.15) is 0 Å². The number of carbonyl (C=O) groups is 2. The largest absolute Gasteiger partial charge is 0.479 e. The predicted molar refractivity (Wildman–Crippen MR) is 104 cm³/mol. The summed E-state index contributed by atoms with van der Waals surface area (Å²) < 4.78 is 29.2. The molecule has 8 nitrogen and oxygen atoms in total. The van der Waals surface area contributed by atoms with Gasteiger partial charge in [-0.05, 0) is 12.0 Å². The summed E-state index contributed by atoms with van der Waals surface area (Å²) in [7, 11) is -3.94. The Kier molecular flexibility index (Phi) is 8.16. The van der Waals surface area contributed by atoms with Crippen molar-refractivity contribution >= 4 is 22.0 Å². The molecule has 0 fully saturated rings. The van der Waals surface area contributed by atoms with Crippen molar-refractivity contribution < 1.29 is 32.4 Å². The van der Waals surface area contributed by atoms with Crippen LogP contribution in [0.15, 0.2) is 30.3 Å². The molecule has 1 aromatic carbocycles. The molecule has 0 aliphatic rings. The molecule has 0 heterocycles. The van der Waals surface area contributed by atoms with Gasteiger partial charge < -0.3 is 15.5 Å². The van der Waals surface area contributed by atoms with Crippen LogP contribution in [0.25, 0.3) is 0 Å². The molecule has 0 spiro atoms. The van der Waals surface area contributed by atoms with Crippen molar-refractivity contribution in [3.8, 4) is 0 Å². The van der Waals surface area contributed by atoms with Crippen molar-refractivity contribution in [2.45, 2.75) is 45.6 Å². The Morgan fingerprint density at radius 3 is 2.29 bits per heavy atom. The first-order valence-corrected chi connectivity index (χ1v) is 10.5. The van der Waals surface area contributed by atoms with Gasteiger partial charge in [0.05, 0.1) is 12.4 Å². The van der Waals surface area contributed by atoms with Crippen LogP contribution in [0, 0.1) is 5.41 Å². The van der Waals surface area contributed by atoms with Crippen molar-refractivity contribution in [2.24, 2.45) is 5.41 Å². The molecule has 1 aromatic rings. The van der Waals surface area contributed by atoms with Crippen LogP contribution in [0.2, 0.25) is 0 Å². The van der Waals surface area contributed by atoms with Crippen LogP contribution >= 0.6 is 0 Å². The van der Waals surface area contributed by atoms with Gasteiger partial charge in [0.15, 0.2) is 5.60 Å². The Bertz CT molecular complexity index is 777. The zero-order chi connectivity index (χ0) is 21.6. The highest BCUT2D eigenvalue weighted by atomic mass is 32.2.